The summed E-state index contributed by atoms with van der Waals surface area (Å²) in [5.41, 5.74) is 7.05. The van der Waals surface area contributed by atoms with Crippen LogP contribution in [0.1, 0.15) is 28.9 Å². The number of piperazine rings is 1. The van der Waals surface area contributed by atoms with Gasteiger partial charge in [0.1, 0.15) is 0 Å². The molecule has 1 aromatic heterocycles. The maximum absolute atomic E-state index is 12.4. The molecule has 6 heteroatoms. The first-order valence-corrected chi connectivity index (χ1v) is 7.43. The predicted octanol–water partition coefficient (Wildman–Crippen LogP) is 1.13. The Labute approximate surface area is 131 Å². The van der Waals surface area contributed by atoms with Gasteiger partial charge in [0.2, 0.25) is 0 Å². The first-order valence-electron chi connectivity index (χ1n) is 7.43. The molecule has 0 bridgehead atoms. The van der Waals surface area contributed by atoms with Crippen LogP contribution in [0.3, 0.4) is 0 Å². The number of halogens is 1. The van der Waals surface area contributed by atoms with Gasteiger partial charge in [-0.15, -0.1) is 12.4 Å². The van der Waals surface area contributed by atoms with E-state index in [4.69, 9.17) is 5.73 Å². The number of rotatable bonds is 4. The molecular weight excluding hydrogens is 288 g/mol. The van der Waals surface area contributed by atoms with Crippen molar-refractivity contribution < 1.29 is 4.79 Å². The highest BCUT2D eigenvalue weighted by atomic mass is 35.5. The number of hydrogen-bond acceptors (Lipinski definition) is 4. The van der Waals surface area contributed by atoms with Gasteiger partial charge in [-0.1, -0.05) is 0 Å². The van der Waals surface area contributed by atoms with Gasteiger partial charge in [0, 0.05) is 51.0 Å². The van der Waals surface area contributed by atoms with Crippen molar-refractivity contribution in [2.45, 2.75) is 19.4 Å². The molecule has 0 radical (unpaired) electrons. The lowest BCUT2D eigenvalue weighted by Gasteiger charge is -2.34. The summed E-state index contributed by atoms with van der Waals surface area (Å²) in [6, 6.07) is 3.58. The summed E-state index contributed by atoms with van der Waals surface area (Å²) in [6.07, 6.45) is 4.44. The summed E-state index contributed by atoms with van der Waals surface area (Å²) in [5.74, 6) is 1.03. The second-order valence-electron chi connectivity index (χ2n) is 5.78. The van der Waals surface area contributed by atoms with Gasteiger partial charge in [0.15, 0.2) is 0 Å². The lowest BCUT2D eigenvalue weighted by molar-refractivity contribution is 0.0632. The molecule has 2 N–H and O–H groups in total. The molecule has 2 heterocycles. The minimum Gasteiger partial charge on any atom is -0.336 e. The van der Waals surface area contributed by atoms with E-state index in [2.05, 4.69) is 9.88 Å². The third-order valence-corrected chi connectivity index (χ3v) is 4.15. The second kappa shape index (κ2) is 7.20. The molecule has 1 saturated carbocycles. The molecule has 1 amide bonds. The highest BCUT2D eigenvalue weighted by Crippen LogP contribution is 2.29. The molecule has 2 aliphatic rings. The van der Waals surface area contributed by atoms with Crippen LogP contribution in [-0.4, -0.2) is 53.4 Å². The van der Waals surface area contributed by atoms with E-state index in [1.807, 2.05) is 4.90 Å². The largest absolute Gasteiger partial charge is 0.336 e. The Morgan fingerprint density at radius 3 is 2.62 bits per heavy atom. The Morgan fingerprint density at radius 1 is 1.29 bits per heavy atom. The molecule has 1 aromatic rings. The molecule has 116 valence electrons. The zero-order valence-electron chi connectivity index (χ0n) is 12.2. The number of hydrogen-bond donors (Lipinski definition) is 1. The first kappa shape index (κ1) is 16.2. The van der Waals surface area contributed by atoms with Crippen molar-refractivity contribution in [3.63, 3.8) is 0 Å². The maximum atomic E-state index is 12.4. The lowest BCUT2D eigenvalue weighted by Crippen LogP contribution is -2.49. The van der Waals surface area contributed by atoms with E-state index in [0.717, 1.165) is 37.8 Å². The number of carbonyl (C=O) groups is 1. The van der Waals surface area contributed by atoms with Crippen molar-refractivity contribution in [2.75, 3.05) is 32.7 Å². The Kier molecular flexibility index (Phi) is 5.56. The molecule has 0 unspecified atom stereocenters. The van der Waals surface area contributed by atoms with E-state index in [1.165, 1.54) is 19.4 Å². The number of aromatic nitrogens is 1. The minimum atomic E-state index is 0. The van der Waals surface area contributed by atoms with Crippen molar-refractivity contribution >= 4 is 18.3 Å². The van der Waals surface area contributed by atoms with Gasteiger partial charge in [-0.05, 0) is 30.9 Å². The van der Waals surface area contributed by atoms with Gasteiger partial charge in [-0.25, -0.2) is 0 Å². The summed E-state index contributed by atoms with van der Waals surface area (Å²) < 4.78 is 0. The number of nitrogens with two attached hydrogens (primary N) is 1. The molecule has 3 rings (SSSR count). The zero-order chi connectivity index (χ0) is 13.9. The maximum Gasteiger partial charge on any atom is 0.254 e. The monoisotopic (exact) mass is 310 g/mol. The van der Waals surface area contributed by atoms with Crippen molar-refractivity contribution in [3.8, 4) is 0 Å². The molecule has 1 saturated heterocycles. The van der Waals surface area contributed by atoms with Crippen LogP contribution in [0, 0.1) is 5.92 Å². The highest BCUT2D eigenvalue weighted by molar-refractivity contribution is 5.94. The van der Waals surface area contributed by atoms with Gasteiger partial charge in [-0.3, -0.25) is 14.7 Å². The predicted molar refractivity (Wildman–Crippen MR) is 84.4 cm³/mol. The zero-order valence-corrected chi connectivity index (χ0v) is 13.0. The van der Waals surface area contributed by atoms with Crippen LogP contribution >= 0.6 is 12.4 Å². The Balaban J connectivity index is 0.00000161. The standard InChI is InChI=1S/C15H22N4O.ClH/c16-10-14-9-13(3-4-17-14)15(20)19-7-5-18(6-8-19)11-12-1-2-12;/h3-4,9,12H,1-2,5-8,10-11,16H2;1H. The fourth-order valence-corrected chi connectivity index (χ4v) is 2.70. The Morgan fingerprint density at radius 2 is 2.00 bits per heavy atom. The first-order chi connectivity index (χ1) is 9.76. The van der Waals surface area contributed by atoms with Gasteiger partial charge in [-0.2, -0.15) is 0 Å². The van der Waals surface area contributed by atoms with Crippen molar-refractivity contribution in [2.24, 2.45) is 11.7 Å². The topological polar surface area (TPSA) is 62.5 Å². The molecule has 0 spiro atoms. The van der Waals surface area contributed by atoms with E-state index >= 15 is 0 Å². The SMILES string of the molecule is Cl.NCc1cc(C(=O)N2CCN(CC3CC3)CC2)ccn1. The van der Waals surface area contributed by atoms with Crippen LogP contribution in [0.5, 0.6) is 0 Å². The van der Waals surface area contributed by atoms with Crippen LogP contribution in [0.25, 0.3) is 0 Å². The van der Waals surface area contributed by atoms with E-state index in [9.17, 15) is 4.79 Å². The third kappa shape index (κ3) is 4.15. The van der Waals surface area contributed by atoms with Crippen LogP contribution in [0.15, 0.2) is 18.3 Å². The van der Waals surface area contributed by atoms with Crippen LogP contribution < -0.4 is 5.73 Å². The quantitative estimate of drug-likeness (QED) is 0.905. The number of nitrogens with zero attached hydrogens (tertiary/aromatic N) is 3. The fourth-order valence-electron chi connectivity index (χ4n) is 2.70. The van der Waals surface area contributed by atoms with E-state index in [0.29, 0.717) is 12.1 Å². The van der Waals surface area contributed by atoms with Gasteiger partial charge < -0.3 is 10.6 Å². The normalized spacial score (nSPS) is 19.2. The fraction of sp³-hybridized carbons (Fsp3) is 0.600. The van der Waals surface area contributed by atoms with Crippen molar-refractivity contribution in [1.29, 1.82) is 0 Å². The molecule has 1 aliphatic carbocycles. The van der Waals surface area contributed by atoms with Gasteiger partial charge in [0.05, 0.1) is 5.69 Å². The van der Waals surface area contributed by atoms with Gasteiger partial charge in [0.25, 0.3) is 5.91 Å². The van der Waals surface area contributed by atoms with Gasteiger partial charge >= 0.3 is 0 Å². The summed E-state index contributed by atoms with van der Waals surface area (Å²) in [6.45, 7) is 5.23. The summed E-state index contributed by atoms with van der Waals surface area (Å²) in [5, 5.41) is 0. The third-order valence-electron chi connectivity index (χ3n) is 4.15. The summed E-state index contributed by atoms with van der Waals surface area (Å²) in [7, 11) is 0. The molecular formula is C15H23ClN4O. The van der Waals surface area contributed by atoms with Crippen molar-refractivity contribution in [3.05, 3.63) is 29.6 Å². The molecule has 2 fully saturated rings. The average Bonchev–Trinajstić information content (AvgIpc) is 3.31. The second-order valence-corrected chi connectivity index (χ2v) is 5.78. The number of pyridine rings is 1. The smallest absolute Gasteiger partial charge is 0.254 e. The van der Waals surface area contributed by atoms with Crippen LogP contribution in [0.4, 0.5) is 0 Å². The average molecular weight is 311 g/mol. The Hall–Kier alpha value is -1.17. The molecule has 0 atom stereocenters. The Bertz CT molecular complexity index is 484. The molecule has 0 aromatic carbocycles. The van der Waals surface area contributed by atoms with Crippen molar-refractivity contribution in [1.82, 2.24) is 14.8 Å². The van der Waals surface area contributed by atoms with Crippen LogP contribution in [-0.2, 0) is 6.54 Å². The number of carbonyl (C=O) groups excluding carboxylic acids is 1. The van der Waals surface area contributed by atoms with E-state index < -0.39 is 0 Å². The molecule has 21 heavy (non-hydrogen) atoms. The molecule has 5 nitrogen and oxygen atoms in total. The molecule has 1 aliphatic heterocycles. The highest BCUT2D eigenvalue weighted by Gasteiger charge is 2.27. The summed E-state index contributed by atoms with van der Waals surface area (Å²) in [4.78, 5) is 21.0. The summed E-state index contributed by atoms with van der Waals surface area (Å²) >= 11 is 0. The van der Waals surface area contributed by atoms with E-state index in [1.54, 1.807) is 18.3 Å². The lowest BCUT2D eigenvalue weighted by atomic mass is 10.2. The van der Waals surface area contributed by atoms with E-state index in [-0.39, 0.29) is 18.3 Å². The number of amides is 1. The minimum absolute atomic E-state index is 0. The van der Waals surface area contributed by atoms with Crippen LogP contribution in [0.2, 0.25) is 0 Å².